The smallest absolute Gasteiger partial charge is 0.465 e. The van der Waals surface area contributed by atoms with Crippen LogP contribution in [0.2, 0.25) is 0 Å². The van der Waals surface area contributed by atoms with Crippen LogP contribution in [-0.4, -0.2) is 35.2 Å². The number of aromatic nitrogens is 1. The van der Waals surface area contributed by atoms with Crippen LogP contribution < -0.4 is 5.59 Å². The Kier molecular flexibility index (Phi) is 3.00. The fourth-order valence-corrected chi connectivity index (χ4v) is 0.906. The van der Waals surface area contributed by atoms with Crippen molar-refractivity contribution in [3.63, 3.8) is 0 Å². The maximum Gasteiger partial charge on any atom is 0.509 e. The highest BCUT2D eigenvalue weighted by atomic mass is 16.5. The maximum atomic E-state index is 11.1. The van der Waals surface area contributed by atoms with Crippen molar-refractivity contribution in [3.05, 3.63) is 23.9 Å². The molecule has 6 heteroatoms. The van der Waals surface area contributed by atoms with Gasteiger partial charge >= 0.3 is 13.1 Å². The van der Waals surface area contributed by atoms with Crippen LogP contribution in [0.15, 0.2) is 18.3 Å². The summed E-state index contributed by atoms with van der Waals surface area (Å²) in [5.74, 6) is -0.642. The van der Waals surface area contributed by atoms with Crippen molar-refractivity contribution in [2.75, 3.05) is 7.11 Å². The molecule has 13 heavy (non-hydrogen) atoms. The molecule has 0 unspecified atom stereocenters. The van der Waals surface area contributed by atoms with Crippen molar-refractivity contribution in [2.24, 2.45) is 0 Å². The predicted octanol–water partition coefficient (Wildman–Crippen LogP) is -1.45. The number of carbonyl (C=O) groups excluding carboxylic acids is 1. The van der Waals surface area contributed by atoms with E-state index in [1.807, 2.05) is 0 Å². The molecule has 5 nitrogen and oxygen atoms in total. The average molecular weight is 181 g/mol. The van der Waals surface area contributed by atoms with Gasteiger partial charge in [-0.15, -0.1) is 0 Å². The molecule has 1 heterocycles. The first-order valence-electron chi connectivity index (χ1n) is 3.56. The maximum absolute atomic E-state index is 11.1. The first-order chi connectivity index (χ1) is 6.16. The molecule has 0 aliphatic heterocycles. The molecular formula is C7H8BNO4. The zero-order valence-electron chi connectivity index (χ0n) is 6.97. The summed E-state index contributed by atoms with van der Waals surface area (Å²) >= 11 is 0. The molecule has 0 aromatic carbocycles. The van der Waals surface area contributed by atoms with E-state index in [0.29, 0.717) is 0 Å². The van der Waals surface area contributed by atoms with Gasteiger partial charge in [-0.05, 0) is 12.1 Å². The van der Waals surface area contributed by atoms with Gasteiger partial charge in [0.25, 0.3) is 0 Å². The van der Waals surface area contributed by atoms with E-state index in [-0.39, 0.29) is 11.2 Å². The average Bonchev–Trinajstić information content (AvgIpc) is 2.16. The zero-order chi connectivity index (χ0) is 9.84. The number of pyridine rings is 1. The van der Waals surface area contributed by atoms with E-state index >= 15 is 0 Å². The first-order valence-corrected chi connectivity index (χ1v) is 3.56. The number of ether oxygens (including phenoxy) is 1. The van der Waals surface area contributed by atoms with Crippen LogP contribution in [0, 0.1) is 0 Å². The summed E-state index contributed by atoms with van der Waals surface area (Å²) in [5.41, 5.74) is -0.0469. The van der Waals surface area contributed by atoms with Crippen LogP contribution in [-0.2, 0) is 4.74 Å². The van der Waals surface area contributed by atoms with Crippen molar-refractivity contribution < 1.29 is 19.6 Å². The van der Waals surface area contributed by atoms with Gasteiger partial charge in [-0.2, -0.15) is 0 Å². The third-order valence-electron chi connectivity index (χ3n) is 1.49. The summed E-state index contributed by atoms with van der Waals surface area (Å²) in [6, 6.07) is 2.92. The summed E-state index contributed by atoms with van der Waals surface area (Å²) in [7, 11) is -0.557. The quantitative estimate of drug-likeness (QED) is 0.430. The standard InChI is InChI=1S/C7H8BNO4/c1-13-7(10)5-3-2-4-9-6(5)8(11)12/h2-4,11-12H,1H3. The van der Waals surface area contributed by atoms with Crippen LogP contribution in [0.3, 0.4) is 0 Å². The van der Waals surface area contributed by atoms with Gasteiger partial charge in [0.15, 0.2) is 0 Å². The first kappa shape index (κ1) is 9.69. The lowest BCUT2D eigenvalue weighted by Crippen LogP contribution is -2.37. The molecule has 1 aromatic heterocycles. The number of rotatable bonds is 2. The van der Waals surface area contributed by atoms with Gasteiger partial charge in [0.05, 0.1) is 18.3 Å². The normalized spacial score (nSPS) is 9.46. The molecule has 1 rings (SSSR count). The third kappa shape index (κ3) is 2.04. The van der Waals surface area contributed by atoms with Crippen molar-refractivity contribution in [2.45, 2.75) is 0 Å². The van der Waals surface area contributed by atoms with Gasteiger partial charge in [0, 0.05) is 6.20 Å². The van der Waals surface area contributed by atoms with Crippen LogP contribution in [0.4, 0.5) is 0 Å². The molecule has 0 saturated carbocycles. The van der Waals surface area contributed by atoms with Gasteiger partial charge in [-0.3, -0.25) is 4.98 Å². The third-order valence-corrected chi connectivity index (χ3v) is 1.49. The molecule has 0 bridgehead atoms. The number of methoxy groups -OCH3 is 1. The van der Waals surface area contributed by atoms with Gasteiger partial charge in [0.1, 0.15) is 0 Å². The van der Waals surface area contributed by atoms with Crippen molar-refractivity contribution in [1.82, 2.24) is 4.98 Å². The largest absolute Gasteiger partial charge is 0.509 e. The molecule has 2 N–H and O–H groups in total. The second kappa shape index (κ2) is 4.02. The van der Waals surface area contributed by atoms with Crippen molar-refractivity contribution in [1.29, 1.82) is 0 Å². The Morgan fingerprint density at radius 3 is 2.85 bits per heavy atom. The molecular weight excluding hydrogens is 173 g/mol. The molecule has 0 saturated heterocycles. The highest BCUT2D eigenvalue weighted by Gasteiger charge is 2.21. The minimum Gasteiger partial charge on any atom is -0.465 e. The Labute approximate surface area is 75.1 Å². The molecule has 0 amide bonds. The summed E-state index contributed by atoms with van der Waals surface area (Å²) in [5, 5.41) is 17.7. The zero-order valence-corrected chi connectivity index (χ0v) is 6.97. The van der Waals surface area contributed by atoms with E-state index in [0.717, 1.165) is 0 Å². The molecule has 1 aromatic rings. The minimum absolute atomic E-state index is 0.0556. The molecule has 0 spiro atoms. The van der Waals surface area contributed by atoms with Crippen LogP contribution >= 0.6 is 0 Å². The fourth-order valence-electron chi connectivity index (χ4n) is 0.906. The van der Waals surface area contributed by atoms with Crippen LogP contribution in [0.1, 0.15) is 10.4 Å². The van der Waals surface area contributed by atoms with Gasteiger partial charge in [-0.1, -0.05) is 0 Å². The summed E-state index contributed by atoms with van der Waals surface area (Å²) in [4.78, 5) is 14.7. The monoisotopic (exact) mass is 181 g/mol. The highest BCUT2D eigenvalue weighted by Crippen LogP contribution is 1.96. The topological polar surface area (TPSA) is 79.7 Å². The lowest BCUT2D eigenvalue weighted by atomic mass is 9.82. The molecule has 0 radical (unpaired) electrons. The van der Waals surface area contributed by atoms with Crippen LogP contribution in [0.25, 0.3) is 0 Å². The summed E-state index contributed by atoms with van der Waals surface area (Å²) in [6.07, 6.45) is 1.36. The van der Waals surface area contributed by atoms with E-state index in [1.165, 1.54) is 25.4 Å². The Morgan fingerprint density at radius 2 is 2.31 bits per heavy atom. The van der Waals surface area contributed by atoms with E-state index in [9.17, 15) is 4.79 Å². The van der Waals surface area contributed by atoms with Gasteiger partial charge < -0.3 is 14.8 Å². The second-order valence-corrected chi connectivity index (χ2v) is 2.30. The molecule has 68 valence electrons. The highest BCUT2D eigenvalue weighted by molar-refractivity contribution is 6.59. The Hall–Kier alpha value is -1.40. The lowest BCUT2D eigenvalue weighted by molar-refractivity contribution is 0.0601. The summed E-state index contributed by atoms with van der Waals surface area (Å²) < 4.78 is 4.43. The van der Waals surface area contributed by atoms with Crippen LogP contribution in [0.5, 0.6) is 0 Å². The summed E-state index contributed by atoms with van der Waals surface area (Å²) in [6.45, 7) is 0. The molecule has 0 aliphatic carbocycles. The van der Waals surface area contributed by atoms with E-state index in [4.69, 9.17) is 10.0 Å². The number of hydrogen-bond donors (Lipinski definition) is 2. The molecule has 0 atom stereocenters. The Balaban J connectivity index is 3.12. The van der Waals surface area contributed by atoms with Gasteiger partial charge in [0.2, 0.25) is 0 Å². The van der Waals surface area contributed by atoms with Crippen molar-refractivity contribution >= 4 is 18.7 Å². The van der Waals surface area contributed by atoms with E-state index in [2.05, 4.69) is 9.72 Å². The molecule has 0 fully saturated rings. The van der Waals surface area contributed by atoms with Crippen molar-refractivity contribution in [3.8, 4) is 0 Å². The number of hydrogen-bond acceptors (Lipinski definition) is 5. The molecule has 0 aliphatic rings. The minimum atomic E-state index is -1.77. The Bertz CT molecular complexity index is 315. The number of nitrogens with zero attached hydrogens (tertiary/aromatic N) is 1. The predicted molar refractivity (Wildman–Crippen MR) is 45.4 cm³/mol. The number of carbonyl (C=O) groups is 1. The number of esters is 1. The second-order valence-electron chi connectivity index (χ2n) is 2.30. The van der Waals surface area contributed by atoms with E-state index < -0.39 is 13.1 Å². The SMILES string of the molecule is COC(=O)c1cccnc1B(O)O. The lowest BCUT2D eigenvalue weighted by Gasteiger charge is -2.04. The van der Waals surface area contributed by atoms with Gasteiger partial charge in [-0.25, -0.2) is 4.79 Å². The fraction of sp³-hybridized carbons (Fsp3) is 0.143. The van der Waals surface area contributed by atoms with E-state index in [1.54, 1.807) is 0 Å². The Morgan fingerprint density at radius 1 is 1.62 bits per heavy atom.